The number of thioether (sulfide) groups is 2. The Kier molecular flexibility index (Phi) is 5.67. The number of nitrogens with zero attached hydrogens (tertiary/aromatic N) is 2. The van der Waals surface area contributed by atoms with Crippen LogP contribution in [0.4, 0.5) is 0 Å². The molecular formula is C9H13ClN2S2. The summed E-state index contributed by atoms with van der Waals surface area (Å²) in [6.45, 7) is 2.14. The van der Waals surface area contributed by atoms with Crippen LogP contribution in [0, 0.1) is 5.92 Å². The molecular weight excluding hydrogens is 236 g/mol. The first-order valence-corrected chi connectivity index (χ1v) is 7.05. The van der Waals surface area contributed by atoms with Crippen LogP contribution in [-0.4, -0.2) is 27.9 Å². The maximum atomic E-state index is 5.73. The van der Waals surface area contributed by atoms with Gasteiger partial charge < -0.3 is 0 Å². The molecule has 1 rings (SSSR count). The summed E-state index contributed by atoms with van der Waals surface area (Å²) in [6, 6.07) is 2.01. The monoisotopic (exact) mass is 248 g/mol. The van der Waals surface area contributed by atoms with Gasteiger partial charge in [-0.1, -0.05) is 6.92 Å². The molecule has 0 amide bonds. The average molecular weight is 249 g/mol. The van der Waals surface area contributed by atoms with E-state index in [-0.39, 0.29) is 0 Å². The largest absolute Gasteiger partial charge is 0.230 e. The Morgan fingerprint density at radius 2 is 2.14 bits per heavy atom. The minimum atomic E-state index is 0.523. The lowest BCUT2D eigenvalue weighted by atomic mass is 10.3. The fourth-order valence-electron chi connectivity index (χ4n) is 0.786. The van der Waals surface area contributed by atoms with Gasteiger partial charge in [0.2, 0.25) is 0 Å². The maximum absolute atomic E-state index is 5.73. The zero-order chi connectivity index (χ0) is 10.4. The number of hydrogen-bond acceptors (Lipinski definition) is 4. The van der Waals surface area contributed by atoms with Gasteiger partial charge in [-0.2, -0.15) is 0 Å². The topological polar surface area (TPSA) is 25.8 Å². The summed E-state index contributed by atoms with van der Waals surface area (Å²) in [5.41, 5.74) is 0. The summed E-state index contributed by atoms with van der Waals surface area (Å²) in [4.78, 5) is 8.31. The van der Waals surface area contributed by atoms with Crippen molar-refractivity contribution in [3.63, 3.8) is 0 Å². The molecule has 0 aromatic carbocycles. The summed E-state index contributed by atoms with van der Waals surface area (Å²) in [6.07, 6.45) is 3.62. The van der Waals surface area contributed by atoms with Crippen molar-refractivity contribution >= 4 is 35.1 Å². The Hall–Kier alpha value is 0.0700. The van der Waals surface area contributed by atoms with Crippen molar-refractivity contribution in [2.45, 2.75) is 17.0 Å². The minimum Gasteiger partial charge on any atom is -0.230 e. The first kappa shape index (κ1) is 12.1. The lowest BCUT2D eigenvalue weighted by Gasteiger charge is -2.06. The lowest BCUT2D eigenvalue weighted by molar-refractivity contribution is 0.757. The van der Waals surface area contributed by atoms with E-state index in [1.165, 1.54) is 0 Å². The molecule has 0 radical (unpaired) electrons. The summed E-state index contributed by atoms with van der Waals surface area (Å²) in [7, 11) is 0. The molecule has 14 heavy (non-hydrogen) atoms. The highest BCUT2D eigenvalue weighted by molar-refractivity contribution is 7.99. The molecule has 1 unspecified atom stereocenters. The van der Waals surface area contributed by atoms with E-state index in [9.17, 15) is 0 Å². The van der Waals surface area contributed by atoms with Crippen LogP contribution in [0.15, 0.2) is 22.4 Å². The van der Waals surface area contributed by atoms with Gasteiger partial charge in [-0.05, 0) is 12.2 Å². The van der Waals surface area contributed by atoms with Crippen LogP contribution in [0.25, 0.3) is 0 Å². The van der Waals surface area contributed by atoms with Crippen molar-refractivity contribution < 1.29 is 0 Å². The van der Waals surface area contributed by atoms with Crippen LogP contribution in [0.3, 0.4) is 0 Å². The quantitative estimate of drug-likeness (QED) is 0.454. The summed E-state index contributed by atoms with van der Waals surface area (Å²) >= 11 is 9.09. The fourth-order valence-corrected chi connectivity index (χ4v) is 2.37. The molecule has 0 N–H and O–H groups in total. The van der Waals surface area contributed by atoms with Crippen molar-refractivity contribution in [1.29, 1.82) is 0 Å². The van der Waals surface area contributed by atoms with Gasteiger partial charge in [0.1, 0.15) is 16.4 Å². The van der Waals surface area contributed by atoms with E-state index in [0.29, 0.717) is 11.8 Å². The van der Waals surface area contributed by atoms with Gasteiger partial charge in [-0.25, -0.2) is 9.97 Å². The van der Waals surface area contributed by atoms with Gasteiger partial charge in [0.15, 0.2) is 0 Å². The summed E-state index contributed by atoms with van der Waals surface area (Å²) < 4.78 is 0. The molecule has 0 aliphatic heterocycles. The van der Waals surface area contributed by atoms with E-state index >= 15 is 0 Å². The third-order valence-electron chi connectivity index (χ3n) is 1.61. The predicted octanol–water partition coefficient (Wildman–Crippen LogP) is 3.17. The van der Waals surface area contributed by atoms with Crippen LogP contribution in [0.1, 0.15) is 6.92 Å². The van der Waals surface area contributed by atoms with Crippen molar-refractivity contribution in [2.75, 3.05) is 17.9 Å². The van der Waals surface area contributed by atoms with Gasteiger partial charge >= 0.3 is 0 Å². The fraction of sp³-hybridized carbons (Fsp3) is 0.556. The van der Waals surface area contributed by atoms with E-state index in [1.54, 1.807) is 29.9 Å². The summed E-state index contributed by atoms with van der Waals surface area (Å²) in [5, 5.41) is 2.04. The molecule has 0 aliphatic carbocycles. The SMILES string of the molecule is CSc1cc(SCC(C)CCl)ncn1. The molecule has 0 fully saturated rings. The molecule has 0 bridgehead atoms. The molecule has 0 spiro atoms. The molecule has 78 valence electrons. The van der Waals surface area contributed by atoms with E-state index in [1.807, 2.05) is 12.3 Å². The first-order chi connectivity index (χ1) is 6.76. The van der Waals surface area contributed by atoms with Crippen molar-refractivity contribution in [3.8, 4) is 0 Å². The second kappa shape index (κ2) is 6.53. The van der Waals surface area contributed by atoms with Gasteiger partial charge in [0, 0.05) is 17.7 Å². The average Bonchev–Trinajstić information content (AvgIpc) is 2.26. The Morgan fingerprint density at radius 1 is 1.43 bits per heavy atom. The molecule has 1 aromatic rings. The lowest BCUT2D eigenvalue weighted by Crippen LogP contribution is -1.99. The van der Waals surface area contributed by atoms with Crippen LogP contribution < -0.4 is 0 Å². The van der Waals surface area contributed by atoms with Crippen LogP contribution >= 0.6 is 35.1 Å². The molecule has 5 heteroatoms. The molecule has 1 heterocycles. The van der Waals surface area contributed by atoms with Gasteiger partial charge in [0.25, 0.3) is 0 Å². The summed E-state index contributed by atoms with van der Waals surface area (Å²) in [5.74, 6) is 2.23. The smallest absolute Gasteiger partial charge is 0.117 e. The van der Waals surface area contributed by atoms with E-state index in [4.69, 9.17) is 11.6 Å². The minimum absolute atomic E-state index is 0.523. The third-order valence-corrected chi connectivity index (χ3v) is 4.03. The highest BCUT2D eigenvalue weighted by atomic mass is 35.5. The van der Waals surface area contributed by atoms with Crippen LogP contribution in [0.2, 0.25) is 0 Å². The Bertz CT molecular complexity index is 283. The second-order valence-electron chi connectivity index (χ2n) is 2.97. The first-order valence-electron chi connectivity index (χ1n) is 4.31. The van der Waals surface area contributed by atoms with E-state index in [0.717, 1.165) is 15.8 Å². The van der Waals surface area contributed by atoms with Gasteiger partial charge in [-0.3, -0.25) is 0 Å². The number of halogens is 1. The second-order valence-corrected chi connectivity index (χ2v) is 5.14. The Balaban J connectivity index is 2.50. The standard InChI is InChI=1S/C9H13ClN2S2/c1-7(4-10)5-14-9-3-8(13-2)11-6-12-9/h3,6-7H,4-5H2,1-2H3. The van der Waals surface area contributed by atoms with E-state index < -0.39 is 0 Å². The van der Waals surface area contributed by atoms with Crippen LogP contribution in [-0.2, 0) is 0 Å². The zero-order valence-electron chi connectivity index (χ0n) is 8.24. The van der Waals surface area contributed by atoms with Gasteiger partial charge in [-0.15, -0.1) is 35.1 Å². The number of alkyl halides is 1. The maximum Gasteiger partial charge on any atom is 0.117 e. The van der Waals surface area contributed by atoms with Crippen molar-refractivity contribution in [1.82, 2.24) is 9.97 Å². The predicted molar refractivity (Wildman–Crippen MR) is 64.4 cm³/mol. The highest BCUT2D eigenvalue weighted by Gasteiger charge is 2.03. The molecule has 2 nitrogen and oxygen atoms in total. The highest BCUT2D eigenvalue weighted by Crippen LogP contribution is 2.21. The van der Waals surface area contributed by atoms with E-state index in [2.05, 4.69) is 16.9 Å². The molecule has 1 atom stereocenters. The zero-order valence-corrected chi connectivity index (χ0v) is 10.6. The number of aromatic nitrogens is 2. The normalized spacial score (nSPS) is 12.8. The molecule has 0 saturated heterocycles. The third kappa shape index (κ3) is 4.07. The van der Waals surface area contributed by atoms with Crippen LogP contribution in [0.5, 0.6) is 0 Å². The molecule has 0 aliphatic rings. The van der Waals surface area contributed by atoms with Crippen molar-refractivity contribution in [2.24, 2.45) is 5.92 Å². The molecule has 0 saturated carbocycles. The Morgan fingerprint density at radius 3 is 2.79 bits per heavy atom. The number of rotatable bonds is 5. The number of hydrogen-bond donors (Lipinski definition) is 0. The van der Waals surface area contributed by atoms with Crippen molar-refractivity contribution in [3.05, 3.63) is 12.4 Å². The molecule has 1 aromatic heterocycles. The van der Waals surface area contributed by atoms with Gasteiger partial charge in [0.05, 0.1) is 0 Å². The Labute approximate surface area is 98.2 Å².